The van der Waals surface area contributed by atoms with E-state index in [2.05, 4.69) is 5.32 Å². The van der Waals surface area contributed by atoms with Crippen LogP contribution in [0, 0.1) is 5.82 Å². The Balaban J connectivity index is 1.41. The highest BCUT2D eigenvalue weighted by Gasteiger charge is 2.15. The predicted molar refractivity (Wildman–Crippen MR) is 106 cm³/mol. The zero-order valence-corrected chi connectivity index (χ0v) is 16.4. The lowest BCUT2D eigenvalue weighted by Crippen LogP contribution is -2.27. The molecule has 144 valence electrons. The molecule has 0 saturated carbocycles. The summed E-state index contributed by atoms with van der Waals surface area (Å²) in [5.74, 6) is 1.99. The third-order valence-corrected chi connectivity index (χ3v) is 5.30. The molecule has 1 aliphatic heterocycles. The second kappa shape index (κ2) is 9.85. The first-order valence-corrected chi connectivity index (χ1v) is 10.3. The molecule has 2 aromatic rings. The van der Waals surface area contributed by atoms with Crippen molar-refractivity contribution in [1.82, 2.24) is 5.32 Å². The monoisotopic (exact) mass is 409 g/mol. The van der Waals surface area contributed by atoms with Crippen molar-refractivity contribution >= 4 is 29.3 Å². The average molecular weight is 410 g/mol. The van der Waals surface area contributed by atoms with E-state index in [0.717, 1.165) is 17.5 Å². The van der Waals surface area contributed by atoms with Gasteiger partial charge in [0, 0.05) is 18.7 Å². The molecule has 1 N–H and O–H groups in total. The first kappa shape index (κ1) is 19.8. The molecule has 0 fully saturated rings. The third kappa shape index (κ3) is 6.04. The first-order valence-electron chi connectivity index (χ1n) is 8.79. The minimum atomic E-state index is -0.256. The van der Waals surface area contributed by atoms with Gasteiger partial charge in [-0.15, -0.1) is 11.8 Å². The number of benzene rings is 2. The highest BCUT2D eigenvalue weighted by atomic mass is 35.5. The van der Waals surface area contributed by atoms with Gasteiger partial charge >= 0.3 is 0 Å². The lowest BCUT2D eigenvalue weighted by atomic mass is 10.1. The number of hydrogen-bond donors (Lipinski definition) is 1. The van der Waals surface area contributed by atoms with Gasteiger partial charge in [0.2, 0.25) is 5.91 Å². The Labute approximate surface area is 167 Å². The van der Waals surface area contributed by atoms with E-state index in [9.17, 15) is 9.18 Å². The summed E-state index contributed by atoms with van der Waals surface area (Å²) in [5.41, 5.74) is 1.99. The van der Waals surface area contributed by atoms with Crippen LogP contribution in [0.4, 0.5) is 4.39 Å². The number of hydrogen-bond acceptors (Lipinski definition) is 4. The number of ether oxygens (including phenoxy) is 2. The van der Waals surface area contributed by atoms with E-state index in [-0.39, 0.29) is 11.7 Å². The van der Waals surface area contributed by atoms with Crippen molar-refractivity contribution in [3.05, 3.63) is 58.4 Å². The highest BCUT2D eigenvalue weighted by Crippen LogP contribution is 2.38. The fourth-order valence-corrected chi connectivity index (χ4v) is 3.76. The normalized spacial score (nSPS) is 13.1. The Hall–Kier alpha value is -1.92. The van der Waals surface area contributed by atoms with Crippen LogP contribution in [0.5, 0.6) is 11.5 Å². The molecular formula is C20H21ClFNO3S. The minimum Gasteiger partial charge on any atom is -0.489 e. The SMILES string of the molecule is O=C(CSCc1cc(Cl)c2c(c1)OCCCO2)NCCc1ccc(F)cc1. The maximum Gasteiger partial charge on any atom is 0.230 e. The molecule has 2 aromatic carbocycles. The summed E-state index contributed by atoms with van der Waals surface area (Å²) < 4.78 is 24.2. The molecule has 0 saturated heterocycles. The number of thioether (sulfide) groups is 1. The Morgan fingerprint density at radius 1 is 1.15 bits per heavy atom. The molecule has 4 nitrogen and oxygen atoms in total. The second-order valence-corrected chi connectivity index (χ2v) is 7.57. The lowest BCUT2D eigenvalue weighted by molar-refractivity contribution is -0.118. The van der Waals surface area contributed by atoms with Gasteiger partial charge in [0.1, 0.15) is 5.82 Å². The number of halogens is 2. The zero-order chi connectivity index (χ0) is 19.1. The zero-order valence-electron chi connectivity index (χ0n) is 14.8. The number of carbonyl (C=O) groups excluding carboxylic acids is 1. The van der Waals surface area contributed by atoms with Crippen LogP contribution in [0.3, 0.4) is 0 Å². The molecule has 3 rings (SSSR count). The van der Waals surface area contributed by atoms with Gasteiger partial charge in [0.05, 0.1) is 24.0 Å². The van der Waals surface area contributed by atoms with Crippen LogP contribution in [-0.2, 0) is 17.0 Å². The Kier molecular flexibility index (Phi) is 7.24. The molecule has 7 heteroatoms. The molecule has 0 aromatic heterocycles. The molecular weight excluding hydrogens is 389 g/mol. The van der Waals surface area contributed by atoms with E-state index in [1.807, 2.05) is 12.1 Å². The molecule has 0 aliphatic carbocycles. The molecule has 0 bridgehead atoms. The summed E-state index contributed by atoms with van der Waals surface area (Å²) in [4.78, 5) is 12.0. The molecule has 0 radical (unpaired) electrons. The van der Waals surface area contributed by atoms with Gasteiger partial charge in [-0.25, -0.2) is 4.39 Å². The van der Waals surface area contributed by atoms with E-state index in [1.165, 1.54) is 23.9 Å². The highest BCUT2D eigenvalue weighted by molar-refractivity contribution is 7.99. The van der Waals surface area contributed by atoms with E-state index in [1.54, 1.807) is 12.1 Å². The van der Waals surface area contributed by atoms with Crippen LogP contribution >= 0.6 is 23.4 Å². The Morgan fingerprint density at radius 2 is 1.93 bits per heavy atom. The maximum atomic E-state index is 12.9. The quantitative estimate of drug-likeness (QED) is 0.743. The molecule has 0 spiro atoms. The van der Waals surface area contributed by atoms with E-state index >= 15 is 0 Å². The van der Waals surface area contributed by atoms with Crippen molar-refractivity contribution in [3.63, 3.8) is 0 Å². The van der Waals surface area contributed by atoms with Crippen LogP contribution in [0.2, 0.25) is 5.02 Å². The van der Waals surface area contributed by atoms with E-state index < -0.39 is 0 Å². The van der Waals surface area contributed by atoms with Gasteiger partial charge < -0.3 is 14.8 Å². The number of rotatable bonds is 7. The van der Waals surface area contributed by atoms with Gasteiger partial charge in [-0.1, -0.05) is 23.7 Å². The van der Waals surface area contributed by atoms with Crippen LogP contribution in [0.15, 0.2) is 36.4 Å². The van der Waals surface area contributed by atoms with Gasteiger partial charge in [-0.05, 0) is 41.8 Å². The molecule has 27 heavy (non-hydrogen) atoms. The smallest absolute Gasteiger partial charge is 0.230 e. The summed E-state index contributed by atoms with van der Waals surface area (Å²) in [7, 11) is 0. The van der Waals surface area contributed by atoms with Crippen molar-refractivity contribution in [3.8, 4) is 11.5 Å². The number of amides is 1. The van der Waals surface area contributed by atoms with Crippen molar-refractivity contribution in [2.75, 3.05) is 25.5 Å². The topological polar surface area (TPSA) is 47.6 Å². The van der Waals surface area contributed by atoms with Crippen molar-refractivity contribution in [2.24, 2.45) is 0 Å². The third-order valence-electron chi connectivity index (χ3n) is 4.01. The van der Waals surface area contributed by atoms with Crippen LogP contribution in [0.1, 0.15) is 17.5 Å². The maximum absolute atomic E-state index is 12.9. The second-order valence-electron chi connectivity index (χ2n) is 6.17. The first-order chi connectivity index (χ1) is 13.1. The largest absolute Gasteiger partial charge is 0.489 e. The van der Waals surface area contributed by atoms with Crippen LogP contribution in [0.25, 0.3) is 0 Å². The number of fused-ring (bicyclic) bond motifs is 1. The average Bonchev–Trinajstić information content (AvgIpc) is 2.89. The van der Waals surface area contributed by atoms with E-state index in [4.69, 9.17) is 21.1 Å². The van der Waals surface area contributed by atoms with Crippen molar-refractivity contribution in [2.45, 2.75) is 18.6 Å². The summed E-state index contributed by atoms with van der Waals surface area (Å²) in [6, 6.07) is 10.1. The fourth-order valence-electron chi connectivity index (χ4n) is 2.68. The van der Waals surface area contributed by atoms with Gasteiger partial charge in [0.15, 0.2) is 11.5 Å². The summed E-state index contributed by atoms with van der Waals surface area (Å²) in [6.45, 7) is 1.73. The van der Waals surface area contributed by atoms with E-state index in [0.29, 0.717) is 54.2 Å². The van der Waals surface area contributed by atoms with Gasteiger partial charge in [-0.3, -0.25) is 4.79 Å². The lowest BCUT2D eigenvalue weighted by Gasteiger charge is -2.11. The predicted octanol–water partition coefficient (Wildman–Crippen LogP) is 4.23. The van der Waals surface area contributed by atoms with Crippen LogP contribution < -0.4 is 14.8 Å². The molecule has 1 heterocycles. The van der Waals surface area contributed by atoms with Crippen molar-refractivity contribution < 1.29 is 18.7 Å². The van der Waals surface area contributed by atoms with Crippen molar-refractivity contribution in [1.29, 1.82) is 0 Å². The molecule has 1 aliphatic rings. The molecule has 1 amide bonds. The van der Waals surface area contributed by atoms with Gasteiger partial charge in [0.25, 0.3) is 0 Å². The Bertz CT molecular complexity index is 786. The summed E-state index contributed by atoms with van der Waals surface area (Å²) >= 11 is 7.79. The number of nitrogens with one attached hydrogen (secondary N) is 1. The molecule has 0 atom stereocenters. The summed E-state index contributed by atoms with van der Waals surface area (Å²) in [6.07, 6.45) is 1.50. The standard InChI is InChI=1S/C20H21ClFNO3S/c21-17-10-15(11-18-20(17)26-9-1-8-25-18)12-27-13-19(24)23-7-6-14-2-4-16(22)5-3-14/h2-5,10-11H,1,6-9,12-13H2,(H,23,24). The number of carbonyl (C=O) groups is 1. The minimum absolute atomic E-state index is 0.0254. The van der Waals surface area contributed by atoms with Gasteiger partial charge in [-0.2, -0.15) is 0 Å². The Morgan fingerprint density at radius 3 is 2.74 bits per heavy atom. The molecule has 0 unspecified atom stereocenters. The van der Waals surface area contributed by atoms with Crippen LogP contribution in [-0.4, -0.2) is 31.4 Å². The summed E-state index contributed by atoms with van der Waals surface area (Å²) in [5, 5.41) is 3.41. The fraction of sp³-hybridized carbons (Fsp3) is 0.350.